The molecule has 0 nitrogen and oxygen atoms in total. The third-order valence-corrected chi connectivity index (χ3v) is 17.0. The zero-order chi connectivity index (χ0) is 49.6. The molecular weight excluding hydrogens is 913 g/mol. The number of hydrogen-bond donors (Lipinski definition) is 0. The first-order valence-corrected chi connectivity index (χ1v) is 26.6. The van der Waals surface area contributed by atoms with Crippen molar-refractivity contribution in [2.45, 2.75) is 0 Å². The summed E-state index contributed by atoms with van der Waals surface area (Å²) in [5.41, 5.74) is 14.8. The van der Waals surface area contributed by atoms with Crippen LogP contribution in [0.2, 0.25) is 0 Å². The molecule has 0 radical (unpaired) electrons. The van der Waals surface area contributed by atoms with Crippen molar-refractivity contribution in [3.05, 3.63) is 267 Å². The highest BCUT2D eigenvalue weighted by Gasteiger charge is 2.27. The van der Waals surface area contributed by atoms with E-state index in [1.807, 2.05) is 0 Å². The zero-order valence-electron chi connectivity index (χ0n) is 41.4. The van der Waals surface area contributed by atoms with Gasteiger partial charge in [0.1, 0.15) is 0 Å². The third kappa shape index (κ3) is 5.96. The van der Waals surface area contributed by atoms with Crippen LogP contribution >= 0.6 is 0 Å². The molecular formula is C76H44. The highest BCUT2D eigenvalue weighted by Crippen LogP contribution is 2.55. The smallest absolute Gasteiger partial charge is 0.000719 e. The maximum atomic E-state index is 2.58. The van der Waals surface area contributed by atoms with Crippen LogP contribution in [0.3, 0.4) is 0 Å². The molecule has 0 spiro atoms. The highest BCUT2D eigenvalue weighted by molar-refractivity contribution is 6.45. The topological polar surface area (TPSA) is 0 Å². The Kier molecular flexibility index (Phi) is 8.65. The molecule has 17 aromatic rings. The van der Waals surface area contributed by atoms with Gasteiger partial charge >= 0.3 is 0 Å². The third-order valence-electron chi connectivity index (χ3n) is 17.0. The highest BCUT2D eigenvalue weighted by atomic mass is 14.3. The van der Waals surface area contributed by atoms with Crippen LogP contribution in [0.4, 0.5) is 0 Å². The van der Waals surface area contributed by atoms with Crippen LogP contribution in [-0.2, 0) is 0 Å². The number of benzene rings is 15. The number of rotatable bonds is 6. The van der Waals surface area contributed by atoms with Gasteiger partial charge in [-0.25, -0.2) is 0 Å². The van der Waals surface area contributed by atoms with Crippen molar-refractivity contribution in [3.8, 4) is 66.8 Å². The SMILES string of the molecule is c1ccc(-c2cc(-c3ccccc3)cc(-c3cc4ccc5ccc6c7cc8c(-c9ccccc9)c9c%10cc%11cc(-c%12ccccc%12)ccc%11c%11cccc(c9c(-c9ccccc9)c8cc7c7cc(c3)c4c5c67)c%11%10)c2)cc1. The van der Waals surface area contributed by atoms with Crippen LogP contribution in [0.5, 0.6) is 0 Å². The van der Waals surface area contributed by atoms with Gasteiger partial charge < -0.3 is 0 Å². The molecule has 17 aromatic carbocycles. The Balaban J connectivity index is 0.997. The molecule has 0 saturated carbocycles. The summed E-state index contributed by atoms with van der Waals surface area (Å²) in [5, 5.41) is 26.0. The van der Waals surface area contributed by atoms with Gasteiger partial charge in [-0.05, 0) is 235 Å². The summed E-state index contributed by atoms with van der Waals surface area (Å²) in [6.07, 6.45) is 0. The maximum absolute atomic E-state index is 2.58. The quantitative estimate of drug-likeness (QED) is 0.146. The van der Waals surface area contributed by atoms with E-state index in [0.717, 1.165) is 0 Å². The average Bonchev–Trinajstić information content (AvgIpc) is 4.04. The van der Waals surface area contributed by atoms with Crippen molar-refractivity contribution in [2.24, 2.45) is 0 Å². The second-order valence-electron chi connectivity index (χ2n) is 21.0. The van der Waals surface area contributed by atoms with E-state index < -0.39 is 0 Å². The van der Waals surface area contributed by atoms with E-state index in [4.69, 9.17) is 0 Å². The molecule has 0 unspecified atom stereocenters. The number of fused-ring (bicyclic) bond motifs is 9. The van der Waals surface area contributed by atoms with Crippen molar-refractivity contribution >= 4 is 108 Å². The lowest BCUT2D eigenvalue weighted by Crippen LogP contribution is -1.90. The van der Waals surface area contributed by atoms with Crippen LogP contribution in [0.25, 0.3) is 174 Å². The molecule has 0 aliphatic rings. The second kappa shape index (κ2) is 15.8. The van der Waals surface area contributed by atoms with Crippen LogP contribution in [0.1, 0.15) is 0 Å². The van der Waals surface area contributed by atoms with E-state index in [0.29, 0.717) is 0 Å². The predicted molar refractivity (Wildman–Crippen MR) is 328 cm³/mol. The first-order valence-electron chi connectivity index (χ1n) is 26.6. The van der Waals surface area contributed by atoms with Gasteiger partial charge in [-0.1, -0.05) is 206 Å². The summed E-state index contributed by atoms with van der Waals surface area (Å²) in [6.45, 7) is 0. The monoisotopic (exact) mass is 956 g/mol. The molecule has 17 rings (SSSR count). The summed E-state index contributed by atoms with van der Waals surface area (Å²) in [5.74, 6) is 0. The van der Waals surface area contributed by atoms with E-state index in [1.165, 1.54) is 174 Å². The molecule has 0 N–H and O–H groups in total. The Labute approximate surface area is 439 Å². The lowest BCUT2D eigenvalue weighted by Gasteiger charge is -2.17. The summed E-state index contributed by atoms with van der Waals surface area (Å²) in [6, 6.07) is 100. The summed E-state index contributed by atoms with van der Waals surface area (Å²) in [7, 11) is 0. The van der Waals surface area contributed by atoms with Gasteiger partial charge in [0.05, 0.1) is 0 Å². The van der Waals surface area contributed by atoms with Crippen molar-refractivity contribution in [3.63, 3.8) is 0 Å². The summed E-state index contributed by atoms with van der Waals surface area (Å²) < 4.78 is 0. The fourth-order valence-corrected chi connectivity index (χ4v) is 13.7. The first-order chi connectivity index (χ1) is 37.7. The minimum Gasteiger partial charge on any atom is -0.0622 e. The van der Waals surface area contributed by atoms with Crippen molar-refractivity contribution < 1.29 is 0 Å². The van der Waals surface area contributed by atoms with E-state index in [-0.39, 0.29) is 0 Å². The van der Waals surface area contributed by atoms with E-state index >= 15 is 0 Å². The van der Waals surface area contributed by atoms with Gasteiger partial charge in [0.2, 0.25) is 0 Å². The molecule has 0 aliphatic carbocycles. The van der Waals surface area contributed by atoms with Crippen LogP contribution < -0.4 is 0 Å². The lowest BCUT2D eigenvalue weighted by atomic mass is 9.85. The van der Waals surface area contributed by atoms with E-state index in [2.05, 4.69) is 267 Å². The number of hydrogen-bond acceptors (Lipinski definition) is 0. The van der Waals surface area contributed by atoms with Gasteiger partial charge in [0.15, 0.2) is 0 Å². The fraction of sp³-hybridized carbons (Fsp3) is 0. The van der Waals surface area contributed by atoms with Gasteiger partial charge in [-0.3, -0.25) is 0 Å². The standard InChI is InChI=1S/C76H44/c1-6-17-45(18-7-1)51-32-33-59-57(35-51)41-68-73-60(59)27-16-28-62(73)75-70(48-23-12-4-13-24-48)67-44-64-63(43-66(67)71(76(68)75)49-25-14-5-15-26-49)61-34-31-50-29-30-52-36-55(40-58-42-65(64)74(61)72(50)69(52)58)56-38-53(46-19-8-2-9-20-46)37-54(39-56)47-21-10-3-11-22-47/h1-44H. The predicted octanol–water partition coefficient (Wildman–Crippen LogP) is 21.5. The zero-order valence-corrected chi connectivity index (χ0v) is 41.4. The lowest BCUT2D eigenvalue weighted by molar-refractivity contribution is 1.58. The largest absolute Gasteiger partial charge is 0.0622 e. The van der Waals surface area contributed by atoms with Gasteiger partial charge in [-0.2, -0.15) is 0 Å². The minimum absolute atomic E-state index is 1.21. The summed E-state index contributed by atoms with van der Waals surface area (Å²) in [4.78, 5) is 0. The molecule has 348 valence electrons. The minimum atomic E-state index is 1.21. The van der Waals surface area contributed by atoms with E-state index in [1.54, 1.807) is 0 Å². The average molecular weight is 957 g/mol. The van der Waals surface area contributed by atoms with Crippen LogP contribution in [-0.4, -0.2) is 0 Å². The molecule has 0 heteroatoms. The Morgan fingerprint density at radius 2 is 0.566 bits per heavy atom. The molecule has 0 aliphatic heterocycles. The molecule has 0 amide bonds. The summed E-state index contributed by atoms with van der Waals surface area (Å²) >= 11 is 0. The second-order valence-corrected chi connectivity index (χ2v) is 21.0. The van der Waals surface area contributed by atoms with Gasteiger partial charge in [-0.15, -0.1) is 0 Å². The van der Waals surface area contributed by atoms with Gasteiger partial charge in [0.25, 0.3) is 0 Å². The van der Waals surface area contributed by atoms with Gasteiger partial charge in [0, 0.05) is 0 Å². The van der Waals surface area contributed by atoms with Crippen molar-refractivity contribution in [2.75, 3.05) is 0 Å². The molecule has 76 heavy (non-hydrogen) atoms. The normalized spacial score (nSPS) is 12.2. The molecule has 0 saturated heterocycles. The molecule has 0 atom stereocenters. The first kappa shape index (κ1) is 41.6. The molecule has 0 heterocycles. The Hall–Kier alpha value is -9.88. The Morgan fingerprint density at radius 3 is 1.18 bits per heavy atom. The molecule has 0 aromatic heterocycles. The Morgan fingerprint density at radius 1 is 0.132 bits per heavy atom. The van der Waals surface area contributed by atoms with Crippen LogP contribution in [0, 0.1) is 0 Å². The molecule has 0 fully saturated rings. The van der Waals surface area contributed by atoms with Crippen molar-refractivity contribution in [1.29, 1.82) is 0 Å². The van der Waals surface area contributed by atoms with Crippen molar-refractivity contribution in [1.82, 2.24) is 0 Å². The molecule has 0 bridgehead atoms. The maximum Gasteiger partial charge on any atom is -0.000719 e. The van der Waals surface area contributed by atoms with Crippen LogP contribution in [0.15, 0.2) is 267 Å². The Bertz CT molecular complexity index is 5100. The fourth-order valence-electron chi connectivity index (χ4n) is 13.7. The van der Waals surface area contributed by atoms with E-state index in [9.17, 15) is 0 Å².